The van der Waals surface area contributed by atoms with Crippen LogP contribution in [0.25, 0.3) is 0 Å². The van der Waals surface area contributed by atoms with Gasteiger partial charge in [-0.2, -0.15) is 0 Å². The van der Waals surface area contributed by atoms with Crippen molar-refractivity contribution in [3.05, 3.63) is 0 Å². The summed E-state index contributed by atoms with van der Waals surface area (Å²) in [7, 11) is 0. The summed E-state index contributed by atoms with van der Waals surface area (Å²) in [5, 5.41) is 11.5. The number of hydrogen-bond donors (Lipinski definition) is 2. The average Bonchev–Trinajstić information content (AvgIpc) is 2.29. The highest BCUT2D eigenvalue weighted by Gasteiger charge is 2.21. The number of amides is 1. The number of carbonyl (C=O) groups excluding carboxylic acids is 1. The van der Waals surface area contributed by atoms with Gasteiger partial charge in [-0.25, -0.2) is 0 Å². The third-order valence-electron chi connectivity index (χ3n) is 3.54. The fraction of sp³-hybridized carbons (Fsp3) is 0.846. The molecular formula is C13H23NO3. The molecule has 0 bridgehead atoms. The molecule has 1 atom stereocenters. The van der Waals surface area contributed by atoms with E-state index in [1.165, 1.54) is 32.1 Å². The van der Waals surface area contributed by atoms with Gasteiger partial charge in [-0.15, -0.1) is 0 Å². The Kier molecular flexibility index (Phi) is 6.01. The van der Waals surface area contributed by atoms with Gasteiger partial charge in [0.2, 0.25) is 5.91 Å². The lowest BCUT2D eigenvalue weighted by Crippen LogP contribution is -2.38. The number of carboxylic acids is 1. The molecule has 1 rings (SSSR count). The second-order valence-electron chi connectivity index (χ2n) is 5.00. The first kappa shape index (κ1) is 14.0. The van der Waals surface area contributed by atoms with Crippen molar-refractivity contribution < 1.29 is 14.7 Å². The SMILES string of the molecule is C[C@@H](NC(=O)CCCC(=O)O)C1CCCCC1. The van der Waals surface area contributed by atoms with E-state index in [9.17, 15) is 9.59 Å². The molecule has 0 aliphatic heterocycles. The van der Waals surface area contributed by atoms with Crippen LogP contribution >= 0.6 is 0 Å². The van der Waals surface area contributed by atoms with Crippen LogP contribution in [0.3, 0.4) is 0 Å². The largest absolute Gasteiger partial charge is 0.481 e. The first-order chi connectivity index (χ1) is 8.09. The predicted molar refractivity (Wildman–Crippen MR) is 65.7 cm³/mol. The molecule has 1 aliphatic rings. The summed E-state index contributed by atoms with van der Waals surface area (Å²) >= 11 is 0. The smallest absolute Gasteiger partial charge is 0.303 e. The van der Waals surface area contributed by atoms with Crippen molar-refractivity contribution in [2.75, 3.05) is 0 Å². The maximum Gasteiger partial charge on any atom is 0.303 e. The van der Waals surface area contributed by atoms with Crippen molar-refractivity contribution in [3.63, 3.8) is 0 Å². The number of hydrogen-bond acceptors (Lipinski definition) is 2. The van der Waals surface area contributed by atoms with E-state index in [0.717, 1.165) is 0 Å². The van der Waals surface area contributed by atoms with Gasteiger partial charge in [0.05, 0.1) is 0 Å². The maximum absolute atomic E-state index is 11.6. The van der Waals surface area contributed by atoms with Crippen molar-refractivity contribution in [1.82, 2.24) is 5.32 Å². The quantitative estimate of drug-likeness (QED) is 0.750. The minimum absolute atomic E-state index is 0.00989. The highest BCUT2D eigenvalue weighted by Crippen LogP contribution is 2.26. The number of carboxylic acid groups (broad SMARTS) is 1. The second-order valence-corrected chi connectivity index (χ2v) is 5.00. The van der Waals surface area contributed by atoms with Crippen LogP contribution in [-0.4, -0.2) is 23.0 Å². The van der Waals surface area contributed by atoms with Crippen molar-refractivity contribution in [2.24, 2.45) is 5.92 Å². The van der Waals surface area contributed by atoms with E-state index in [1.54, 1.807) is 0 Å². The maximum atomic E-state index is 11.6. The number of rotatable bonds is 6. The van der Waals surface area contributed by atoms with Gasteiger partial charge in [-0.3, -0.25) is 9.59 Å². The van der Waals surface area contributed by atoms with Crippen LogP contribution in [0.1, 0.15) is 58.3 Å². The molecule has 1 fully saturated rings. The molecule has 1 amide bonds. The molecule has 0 aromatic rings. The Bertz CT molecular complexity index is 259. The molecule has 0 radical (unpaired) electrons. The first-order valence-electron chi connectivity index (χ1n) is 6.60. The van der Waals surface area contributed by atoms with E-state index in [0.29, 0.717) is 18.8 Å². The molecule has 0 aromatic heterocycles. The third kappa shape index (κ3) is 5.71. The van der Waals surface area contributed by atoms with Crippen LogP contribution < -0.4 is 5.32 Å². The Morgan fingerprint density at radius 2 is 1.88 bits per heavy atom. The fourth-order valence-electron chi connectivity index (χ4n) is 2.48. The molecule has 1 saturated carbocycles. The zero-order valence-electron chi connectivity index (χ0n) is 10.6. The molecule has 4 nitrogen and oxygen atoms in total. The van der Waals surface area contributed by atoms with Crippen molar-refractivity contribution in [2.45, 2.75) is 64.3 Å². The summed E-state index contributed by atoms with van der Waals surface area (Å²) < 4.78 is 0. The molecular weight excluding hydrogens is 218 g/mol. The van der Waals surface area contributed by atoms with Crippen LogP contribution in [0.15, 0.2) is 0 Å². The van der Waals surface area contributed by atoms with E-state index in [2.05, 4.69) is 12.2 Å². The lowest BCUT2D eigenvalue weighted by atomic mass is 9.84. The molecule has 4 heteroatoms. The lowest BCUT2D eigenvalue weighted by Gasteiger charge is -2.28. The standard InChI is InChI=1S/C13H23NO3/c1-10(11-6-3-2-4-7-11)14-12(15)8-5-9-13(16)17/h10-11H,2-9H2,1H3,(H,14,15)(H,16,17)/t10-/m1/s1. The van der Waals surface area contributed by atoms with Crippen molar-refractivity contribution in [1.29, 1.82) is 0 Å². The van der Waals surface area contributed by atoms with Crippen LogP contribution in [0.2, 0.25) is 0 Å². The number of nitrogens with one attached hydrogen (secondary N) is 1. The fourth-order valence-corrected chi connectivity index (χ4v) is 2.48. The summed E-state index contributed by atoms with van der Waals surface area (Å²) in [5.74, 6) is -0.241. The Morgan fingerprint density at radius 3 is 2.47 bits per heavy atom. The normalized spacial score (nSPS) is 18.6. The first-order valence-corrected chi connectivity index (χ1v) is 6.60. The van der Waals surface area contributed by atoms with Gasteiger partial charge in [0.1, 0.15) is 0 Å². The summed E-state index contributed by atoms with van der Waals surface area (Å²) in [6, 6.07) is 0.229. The topological polar surface area (TPSA) is 66.4 Å². The zero-order chi connectivity index (χ0) is 12.7. The predicted octanol–water partition coefficient (Wildman–Crippen LogP) is 2.33. The summed E-state index contributed by atoms with van der Waals surface area (Å²) in [5.41, 5.74) is 0. The van der Waals surface area contributed by atoms with Crippen molar-refractivity contribution in [3.8, 4) is 0 Å². The molecule has 1 aliphatic carbocycles. The van der Waals surface area contributed by atoms with Crippen LogP contribution in [0.4, 0.5) is 0 Å². The molecule has 0 saturated heterocycles. The Balaban J connectivity index is 2.18. The molecule has 2 N–H and O–H groups in total. The van der Waals surface area contributed by atoms with E-state index >= 15 is 0 Å². The Labute approximate surface area is 103 Å². The molecule has 0 heterocycles. The average molecular weight is 241 g/mol. The van der Waals surface area contributed by atoms with Crippen LogP contribution in [0.5, 0.6) is 0 Å². The molecule has 17 heavy (non-hydrogen) atoms. The van der Waals surface area contributed by atoms with E-state index in [1.807, 2.05) is 0 Å². The molecule has 0 unspecified atom stereocenters. The molecule has 0 spiro atoms. The summed E-state index contributed by atoms with van der Waals surface area (Å²) in [6.45, 7) is 2.06. The highest BCUT2D eigenvalue weighted by molar-refractivity contribution is 5.77. The molecule has 0 aromatic carbocycles. The van der Waals surface area contributed by atoms with E-state index in [4.69, 9.17) is 5.11 Å². The molecule has 98 valence electrons. The van der Waals surface area contributed by atoms with Crippen molar-refractivity contribution >= 4 is 11.9 Å². The summed E-state index contributed by atoms with van der Waals surface area (Å²) in [6.07, 6.45) is 7.09. The monoisotopic (exact) mass is 241 g/mol. The van der Waals surface area contributed by atoms with Gasteiger partial charge in [0.25, 0.3) is 0 Å². The Hall–Kier alpha value is -1.06. The van der Waals surface area contributed by atoms with E-state index in [-0.39, 0.29) is 18.4 Å². The van der Waals surface area contributed by atoms with Gasteiger partial charge in [-0.1, -0.05) is 19.3 Å². The van der Waals surface area contributed by atoms with Gasteiger partial charge < -0.3 is 10.4 Å². The Morgan fingerprint density at radius 1 is 1.24 bits per heavy atom. The number of aliphatic carboxylic acids is 1. The van der Waals surface area contributed by atoms with Gasteiger partial charge in [0.15, 0.2) is 0 Å². The zero-order valence-corrected chi connectivity index (χ0v) is 10.6. The van der Waals surface area contributed by atoms with Gasteiger partial charge in [0, 0.05) is 18.9 Å². The minimum atomic E-state index is -0.835. The van der Waals surface area contributed by atoms with Crippen LogP contribution in [0, 0.1) is 5.92 Å². The summed E-state index contributed by atoms with van der Waals surface area (Å²) in [4.78, 5) is 21.9. The van der Waals surface area contributed by atoms with E-state index < -0.39 is 5.97 Å². The second kappa shape index (κ2) is 7.30. The third-order valence-corrected chi connectivity index (χ3v) is 3.54. The number of carbonyl (C=O) groups is 2. The lowest BCUT2D eigenvalue weighted by molar-refractivity contribution is -0.137. The van der Waals surface area contributed by atoms with Crippen LogP contribution in [-0.2, 0) is 9.59 Å². The minimum Gasteiger partial charge on any atom is -0.481 e. The highest BCUT2D eigenvalue weighted by atomic mass is 16.4. The van der Waals surface area contributed by atoms with Gasteiger partial charge in [-0.05, 0) is 32.1 Å². The van der Waals surface area contributed by atoms with Gasteiger partial charge >= 0.3 is 5.97 Å².